The van der Waals surface area contributed by atoms with Gasteiger partial charge in [-0.05, 0) is 39.8 Å². The molecule has 0 unspecified atom stereocenters. The maximum Gasteiger partial charge on any atom is 0.514 e. The first-order valence-electron chi connectivity index (χ1n) is 6.86. The van der Waals surface area contributed by atoms with Crippen molar-refractivity contribution in [2.75, 3.05) is 5.32 Å². The van der Waals surface area contributed by atoms with Gasteiger partial charge >= 0.3 is 7.12 Å². The minimum absolute atomic E-state index is 0.0314. The number of aromatic nitrogens is 1. The molecule has 1 N–H and O–H groups in total. The van der Waals surface area contributed by atoms with Crippen molar-refractivity contribution in [3.8, 4) is 0 Å². The fourth-order valence-corrected chi connectivity index (χ4v) is 1.87. The van der Waals surface area contributed by atoms with Crippen molar-refractivity contribution in [1.29, 1.82) is 0 Å². The van der Waals surface area contributed by atoms with E-state index >= 15 is 0 Å². The maximum atomic E-state index is 11.4. The molecule has 1 aliphatic rings. The Labute approximate surface area is 120 Å². The smallest absolute Gasteiger partial charge is 0.398 e. The third-order valence-corrected chi connectivity index (χ3v) is 3.88. The van der Waals surface area contributed by atoms with E-state index in [1.807, 2.05) is 34.6 Å². The summed E-state index contributed by atoms with van der Waals surface area (Å²) in [7, 11) is -0.515. The summed E-state index contributed by atoms with van der Waals surface area (Å²) >= 11 is 0. The van der Waals surface area contributed by atoms with Gasteiger partial charge in [-0.25, -0.2) is 0 Å². The lowest BCUT2D eigenvalue weighted by Crippen LogP contribution is -2.41. The van der Waals surface area contributed by atoms with Crippen LogP contribution in [0.1, 0.15) is 41.0 Å². The monoisotopic (exact) mass is 276 g/mol. The third-order valence-electron chi connectivity index (χ3n) is 3.88. The molecule has 6 heteroatoms. The van der Waals surface area contributed by atoms with Crippen LogP contribution in [-0.2, 0) is 14.1 Å². The average molecular weight is 276 g/mol. The molecule has 1 fully saturated rings. The molecule has 0 saturated carbocycles. The van der Waals surface area contributed by atoms with Gasteiger partial charge < -0.3 is 14.6 Å². The molecule has 5 nitrogen and oxygen atoms in total. The van der Waals surface area contributed by atoms with Crippen LogP contribution in [0.3, 0.4) is 0 Å². The van der Waals surface area contributed by atoms with Crippen LogP contribution in [0.15, 0.2) is 18.3 Å². The Kier molecular flexibility index (Phi) is 3.89. The number of nitrogens with zero attached hydrogens (tertiary/aromatic N) is 1. The van der Waals surface area contributed by atoms with Crippen LogP contribution in [0.4, 0.5) is 5.69 Å². The highest BCUT2D eigenvalue weighted by molar-refractivity contribution is 6.61. The highest BCUT2D eigenvalue weighted by Crippen LogP contribution is 2.36. The molecule has 1 amide bonds. The molecule has 0 atom stereocenters. The Hall–Kier alpha value is -1.40. The predicted octanol–water partition coefficient (Wildman–Crippen LogP) is 1.73. The number of anilines is 1. The number of hydrogen-bond acceptors (Lipinski definition) is 4. The van der Waals surface area contributed by atoms with Crippen molar-refractivity contribution in [2.45, 2.75) is 52.2 Å². The minimum atomic E-state index is -0.515. The summed E-state index contributed by atoms with van der Waals surface area (Å²) in [6.07, 6.45) is 2.08. The molecule has 0 aromatic carbocycles. The van der Waals surface area contributed by atoms with Crippen molar-refractivity contribution < 1.29 is 14.1 Å². The van der Waals surface area contributed by atoms with Crippen LogP contribution < -0.4 is 10.9 Å². The van der Waals surface area contributed by atoms with Crippen LogP contribution in [0.2, 0.25) is 0 Å². The number of amides is 1. The maximum absolute atomic E-state index is 11.4. The molecule has 0 radical (unpaired) electrons. The summed E-state index contributed by atoms with van der Waals surface area (Å²) in [4.78, 5) is 15.7. The molecule has 108 valence electrons. The molecule has 1 aliphatic heterocycles. The number of nitrogens with one attached hydrogen (secondary N) is 1. The average Bonchev–Trinajstić information content (AvgIpc) is 2.59. The van der Waals surface area contributed by atoms with Gasteiger partial charge in [0, 0.05) is 18.3 Å². The molecular formula is C14H21BN2O3. The van der Waals surface area contributed by atoms with Crippen LogP contribution in [0.5, 0.6) is 0 Å². The summed E-state index contributed by atoms with van der Waals surface area (Å²) < 4.78 is 11.9. The Balaban J connectivity index is 2.19. The quantitative estimate of drug-likeness (QED) is 0.854. The third kappa shape index (κ3) is 2.86. The number of hydrogen-bond donors (Lipinski definition) is 1. The van der Waals surface area contributed by atoms with Gasteiger partial charge in [-0.1, -0.05) is 6.92 Å². The molecule has 1 aromatic rings. The van der Waals surface area contributed by atoms with E-state index in [4.69, 9.17) is 9.31 Å². The second-order valence-corrected chi connectivity index (χ2v) is 5.96. The molecule has 1 aromatic heterocycles. The molecular weight excluding hydrogens is 255 g/mol. The highest BCUT2D eigenvalue weighted by Gasteiger charge is 2.52. The minimum Gasteiger partial charge on any atom is -0.398 e. The molecule has 1 saturated heterocycles. The summed E-state index contributed by atoms with van der Waals surface area (Å²) in [5.41, 5.74) is 0.568. The van der Waals surface area contributed by atoms with E-state index in [1.54, 1.807) is 18.3 Å². The van der Waals surface area contributed by atoms with Crippen molar-refractivity contribution >= 4 is 24.3 Å². The second-order valence-electron chi connectivity index (χ2n) is 5.96. The highest BCUT2D eigenvalue weighted by atomic mass is 16.7. The zero-order valence-electron chi connectivity index (χ0n) is 12.7. The van der Waals surface area contributed by atoms with Gasteiger partial charge in [0.25, 0.3) is 0 Å². The van der Waals surface area contributed by atoms with Crippen LogP contribution in [0, 0.1) is 0 Å². The van der Waals surface area contributed by atoms with E-state index < -0.39 is 18.3 Å². The van der Waals surface area contributed by atoms with E-state index in [-0.39, 0.29) is 5.91 Å². The van der Waals surface area contributed by atoms with Crippen molar-refractivity contribution in [2.24, 2.45) is 0 Å². The first-order valence-corrected chi connectivity index (χ1v) is 6.86. The summed E-state index contributed by atoms with van der Waals surface area (Å²) in [6.45, 7) is 9.79. The van der Waals surface area contributed by atoms with E-state index in [0.717, 1.165) is 0 Å². The summed E-state index contributed by atoms with van der Waals surface area (Å²) in [5.74, 6) is -0.0314. The SMILES string of the molecule is CCC(=O)Nc1ccnc(B2OC(C)(C)C(C)(C)O2)c1. The predicted molar refractivity (Wildman–Crippen MR) is 78.9 cm³/mol. The van der Waals surface area contributed by atoms with E-state index in [2.05, 4.69) is 10.3 Å². The van der Waals surface area contributed by atoms with Crippen LogP contribution in [-0.4, -0.2) is 29.2 Å². The molecule has 0 bridgehead atoms. The number of pyridine rings is 1. The standard InChI is InChI=1S/C14H21BN2O3/c1-6-12(18)17-10-7-8-16-11(9-10)15-19-13(2,3)14(4,5)20-15/h7-9H,6H2,1-5H3,(H,16,17,18). The molecule has 0 aliphatic carbocycles. The van der Waals surface area contributed by atoms with Crippen molar-refractivity contribution in [3.63, 3.8) is 0 Å². The van der Waals surface area contributed by atoms with Gasteiger partial charge in [0.15, 0.2) is 0 Å². The fraction of sp³-hybridized carbons (Fsp3) is 0.571. The molecule has 2 rings (SSSR count). The first-order chi connectivity index (χ1) is 9.25. The molecule has 0 spiro atoms. The summed E-state index contributed by atoms with van der Waals surface area (Å²) in [5, 5.41) is 2.81. The lowest BCUT2D eigenvalue weighted by molar-refractivity contribution is -0.115. The fourth-order valence-electron chi connectivity index (χ4n) is 1.87. The van der Waals surface area contributed by atoms with Crippen molar-refractivity contribution in [1.82, 2.24) is 4.98 Å². The van der Waals surface area contributed by atoms with Crippen LogP contribution >= 0.6 is 0 Å². The van der Waals surface area contributed by atoms with Gasteiger partial charge in [-0.2, -0.15) is 0 Å². The normalized spacial score (nSPS) is 19.9. The van der Waals surface area contributed by atoms with Gasteiger partial charge in [0.1, 0.15) is 0 Å². The zero-order valence-corrected chi connectivity index (χ0v) is 12.7. The topological polar surface area (TPSA) is 60.5 Å². The largest absolute Gasteiger partial charge is 0.514 e. The first kappa shape index (κ1) is 15.0. The lowest BCUT2D eigenvalue weighted by Gasteiger charge is -2.32. The van der Waals surface area contributed by atoms with Crippen molar-refractivity contribution in [3.05, 3.63) is 18.3 Å². The lowest BCUT2D eigenvalue weighted by atomic mass is 9.84. The number of carbonyl (C=O) groups excluding carboxylic acids is 1. The van der Waals surface area contributed by atoms with Gasteiger partial charge in [0.2, 0.25) is 5.91 Å². The van der Waals surface area contributed by atoms with Gasteiger partial charge in [0.05, 0.1) is 16.8 Å². The van der Waals surface area contributed by atoms with E-state index in [1.165, 1.54) is 0 Å². The Bertz CT molecular complexity index is 501. The number of carbonyl (C=O) groups is 1. The van der Waals surface area contributed by atoms with E-state index in [9.17, 15) is 4.79 Å². The molecule has 2 heterocycles. The zero-order chi connectivity index (χ0) is 15.0. The Morgan fingerprint density at radius 3 is 2.45 bits per heavy atom. The summed E-state index contributed by atoms with van der Waals surface area (Å²) in [6, 6.07) is 3.54. The number of rotatable bonds is 3. The Morgan fingerprint density at radius 2 is 1.90 bits per heavy atom. The van der Waals surface area contributed by atoms with Crippen LogP contribution in [0.25, 0.3) is 0 Å². The van der Waals surface area contributed by atoms with Gasteiger partial charge in [-0.15, -0.1) is 0 Å². The Morgan fingerprint density at radius 1 is 1.30 bits per heavy atom. The molecule has 20 heavy (non-hydrogen) atoms. The van der Waals surface area contributed by atoms with E-state index in [0.29, 0.717) is 17.7 Å². The van der Waals surface area contributed by atoms with Gasteiger partial charge in [-0.3, -0.25) is 9.78 Å². The second kappa shape index (κ2) is 5.18.